The first kappa shape index (κ1) is 20.9. The number of likely N-dealkylation sites (N-methyl/N-ethyl adjacent to an activating group) is 1. The number of carbonyl (C=O) groups excluding carboxylic acids is 2. The topological polar surface area (TPSA) is 61.4 Å². The predicted molar refractivity (Wildman–Crippen MR) is 111 cm³/mol. The highest BCUT2D eigenvalue weighted by molar-refractivity contribution is 6.30. The maximum absolute atomic E-state index is 12.6. The zero-order valence-electron chi connectivity index (χ0n) is 16.4. The maximum Gasteiger partial charge on any atom is 0.241 e. The molecule has 6 heteroatoms. The Kier molecular flexibility index (Phi) is 6.99. The Labute approximate surface area is 165 Å². The van der Waals surface area contributed by atoms with Crippen molar-refractivity contribution in [3.63, 3.8) is 0 Å². The van der Waals surface area contributed by atoms with Crippen LogP contribution in [0.4, 0.5) is 11.4 Å². The highest BCUT2D eigenvalue weighted by atomic mass is 35.5. The van der Waals surface area contributed by atoms with E-state index in [2.05, 4.69) is 10.6 Å². The number of hydrogen-bond donors (Lipinski definition) is 2. The molecule has 144 valence electrons. The summed E-state index contributed by atoms with van der Waals surface area (Å²) in [5, 5.41) is 6.39. The van der Waals surface area contributed by atoms with Crippen LogP contribution in [0.25, 0.3) is 0 Å². The number of anilines is 2. The molecular formula is C21H26ClN3O2. The average Bonchev–Trinajstić information content (AvgIpc) is 2.59. The van der Waals surface area contributed by atoms with Crippen LogP contribution in [-0.4, -0.2) is 36.3 Å². The molecule has 0 saturated heterocycles. The lowest BCUT2D eigenvalue weighted by Gasteiger charge is -2.24. The second kappa shape index (κ2) is 9.02. The molecule has 0 aliphatic rings. The normalized spacial score (nSPS) is 12.0. The molecule has 0 aromatic heterocycles. The highest BCUT2D eigenvalue weighted by Gasteiger charge is 2.21. The van der Waals surface area contributed by atoms with Crippen molar-refractivity contribution >= 4 is 34.8 Å². The van der Waals surface area contributed by atoms with Gasteiger partial charge in [-0.3, -0.25) is 14.5 Å². The van der Waals surface area contributed by atoms with Crippen molar-refractivity contribution in [2.24, 2.45) is 0 Å². The zero-order chi connectivity index (χ0) is 20.1. The standard InChI is InChI=1S/C21H26ClN3O2/c1-13-10-14(2)20(15(3)11-13)24-21(27)16(4)25(5)12-19(26)23-18-8-6-17(22)7-9-18/h6-11,16H,12H2,1-5H3,(H,23,26)(H,24,27)/t16-/m1/s1. The monoisotopic (exact) mass is 387 g/mol. The number of nitrogens with one attached hydrogen (secondary N) is 2. The number of benzene rings is 2. The molecule has 27 heavy (non-hydrogen) atoms. The largest absolute Gasteiger partial charge is 0.325 e. The van der Waals surface area contributed by atoms with E-state index in [1.54, 1.807) is 43.1 Å². The summed E-state index contributed by atoms with van der Waals surface area (Å²) >= 11 is 5.84. The summed E-state index contributed by atoms with van der Waals surface area (Å²) in [4.78, 5) is 26.6. The van der Waals surface area contributed by atoms with Crippen LogP contribution in [0.15, 0.2) is 36.4 Å². The molecule has 0 unspecified atom stereocenters. The van der Waals surface area contributed by atoms with Crippen LogP contribution >= 0.6 is 11.6 Å². The lowest BCUT2D eigenvalue weighted by molar-refractivity contribution is -0.122. The molecule has 2 aromatic carbocycles. The molecule has 2 N–H and O–H groups in total. The minimum atomic E-state index is -0.457. The first-order valence-electron chi connectivity index (χ1n) is 8.81. The van der Waals surface area contributed by atoms with Crippen molar-refractivity contribution in [3.8, 4) is 0 Å². The molecule has 2 aromatic rings. The molecule has 0 bridgehead atoms. The Bertz CT molecular complexity index is 811. The van der Waals surface area contributed by atoms with E-state index in [1.807, 2.05) is 32.9 Å². The van der Waals surface area contributed by atoms with Gasteiger partial charge in [0.2, 0.25) is 11.8 Å². The van der Waals surface area contributed by atoms with Gasteiger partial charge in [0.05, 0.1) is 12.6 Å². The fourth-order valence-electron chi connectivity index (χ4n) is 2.90. The third kappa shape index (κ3) is 5.81. The van der Waals surface area contributed by atoms with Gasteiger partial charge < -0.3 is 10.6 Å². The minimum Gasteiger partial charge on any atom is -0.325 e. The third-order valence-corrected chi connectivity index (χ3v) is 4.74. The minimum absolute atomic E-state index is 0.100. The Hall–Kier alpha value is -2.37. The molecule has 0 heterocycles. The fraction of sp³-hybridized carbons (Fsp3) is 0.333. The Morgan fingerprint density at radius 3 is 2.15 bits per heavy atom. The zero-order valence-corrected chi connectivity index (χ0v) is 17.1. The van der Waals surface area contributed by atoms with Gasteiger partial charge in [-0.05, 0) is 70.1 Å². The van der Waals surface area contributed by atoms with Crippen molar-refractivity contribution in [2.75, 3.05) is 24.2 Å². The summed E-state index contributed by atoms with van der Waals surface area (Å²) in [6.45, 7) is 7.86. The lowest BCUT2D eigenvalue weighted by atomic mass is 10.0. The molecule has 2 amide bonds. The van der Waals surface area contributed by atoms with Gasteiger partial charge in [0.1, 0.15) is 0 Å². The highest BCUT2D eigenvalue weighted by Crippen LogP contribution is 2.22. The average molecular weight is 388 g/mol. The van der Waals surface area contributed by atoms with Crippen LogP contribution in [0.3, 0.4) is 0 Å². The molecule has 5 nitrogen and oxygen atoms in total. The summed E-state index contributed by atoms with van der Waals surface area (Å²) in [6, 6.07) is 10.5. The summed E-state index contributed by atoms with van der Waals surface area (Å²) in [5.74, 6) is -0.339. The van der Waals surface area contributed by atoms with Crippen molar-refractivity contribution in [1.29, 1.82) is 0 Å². The van der Waals surface area contributed by atoms with E-state index in [9.17, 15) is 9.59 Å². The van der Waals surface area contributed by atoms with Crippen LogP contribution in [0, 0.1) is 20.8 Å². The Morgan fingerprint density at radius 2 is 1.59 bits per heavy atom. The van der Waals surface area contributed by atoms with E-state index in [0.29, 0.717) is 10.7 Å². The van der Waals surface area contributed by atoms with Gasteiger partial charge in [-0.15, -0.1) is 0 Å². The van der Waals surface area contributed by atoms with Crippen molar-refractivity contribution in [3.05, 3.63) is 58.1 Å². The summed E-state index contributed by atoms with van der Waals surface area (Å²) in [7, 11) is 1.75. The predicted octanol–water partition coefficient (Wildman–Crippen LogP) is 4.16. The summed E-state index contributed by atoms with van der Waals surface area (Å²) in [5.41, 5.74) is 4.71. The van der Waals surface area contributed by atoms with E-state index in [0.717, 1.165) is 22.4 Å². The SMILES string of the molecule is Cc1cc(C)c(NC(=O)[C@@H](C)N(C)CC(=O)Nc2ccc(Cl)cc2)c(C)c1. The van der Waals surface area contributed by atoms with Gasteiger partial charge in [-0.25, -0.2) is 0 Å². The number of aryl methyl sites for hydroxylation is 3. The van der Waals surface area contributed by atoms with Gasteiger partial charge in [0, 0.05) is 16.4 Å². The van der Waals surface area contributed by atoms with Crippen LogP contribution in [-0.2, 0) is 9.59 Å². The van der Waals surface area contributed by atoms with Gasteiger partial charge in [-0.2, -0.15) is 0 Å². The fourth-order valence-corrected chi connectivity index (χ4v) is 3.03. The van der Waals surface area contributed by atoms with Gasteiger partial charge in [0.25, 0.3) is 0 Å². The van der Waals surface area contributed by atoms with E-state index >= 15 is 0 Å². The smallest absolute Gasteiger partial charge is 0.241 e. The number of hydrogen-bond acceptors (Lipinski definition) is 3. The summed E-state index contributed by atoms with van der Waals surface area (Å²) < 4.78 is 0. The van der Waals surface area contributed by atoms with Crippen LogP contribution in [0.2, 0.25) is 5.02 Å². The summed E-state index contributed by atoms with van der Waals surface area (Å²) in [6.07, 6.45) is 0. The van der Waals surface area contributed by atoms with E-state index in [1.165, 1.54) is 0 Å². The molecule has 0 radical (unpaired) electrons. The van der Waals surface area contributed by atoms with Crippen molar-refractivity contribution < 1.29 is 9.59 Å². The Morgan fingerprint density at radius 1 is 1.04 bits per heavy atom. The number of amides is 2. The Balaban J connectivity index is 1.95. The second-order valence-electron chi connectivity index (χ2n) is 6.91. The number of rotatable bonds is 6. The van der Waals surface area contributed by atoms with E-state index < -0.39 is 6.04 Å². The third-order valence-electron chi connectivity index (χ3n) is 4.49. The molecule has 0 saturated carbocycles. The quantitative estimate of drug-likeness (QED) is 0.782. The molecule has 0 fully saturated rings. The second-order valence-corrected chi connectivity index (χ2v) is 7.35. The molecule has 0 aliphatic heterocycles. The lowest BCUT2D eigenvalue weighted by Crippen LogP contribution is -2.43. The first-order chi connectivity index (χ1) is 12.7. The molecule has 2 rings (SSSR count). The van der Waals surface area contributed by atoms with Gasteiger partial charge in [0.15, 0.2) is 0 Å². The number of halogens is 1. The van der Waals surface area contributed by atoms with Crippen LogP contribution in [0.1, 0.15) is 23.6 Å². The van der Waals surface area contributed by atoms with Crippen LogP contribution < -0.4 is 10.6 Å². The van der Waals surface area contributed by atoms with Crippen LogP contribution in [0.5, 0.6) is 0 Å². The first-order valence-corrected chi connectivity index (χ1v) is 9.19. The van der Waals surface area contributed by atoms with Crippen molar-refractivity contribution in [1.82, 2.24) is 4.90 Å². The van der Waals surface area contributed by atoms with E-state index in [4.69, 9.17) is 11.6 Å². The van der Waals surface area contributed by atoms with Gasteiger partial charge in [-0.1, -0.05) is 29.3 Å². The molecule has 0 aliphatic carbocycles. The van der Waals surface area contributed by atoms with E-state index in [-0.39, 0.29) is 18.4 Å². The molecule has 0 spiro atoms. The number of carbonyl (C=O) groups is 2. The molecule has 1 atom stereocenters. The van der Waals surface area contributed by atoms with Gasteiger partial charge >= 0.3 is 0 Å². The van der Waals surface area contributed by atoms with Crippen molar-refractivity contribution in [2.45, 2.75) is 33.7 Å². The maximum atomic E-state index is 12.6. The number of nitrogens with zero attached hydrogens (tertiary/aromatic N) is 1. The molecular weight excluding hydrogens is 362 g/mol.